The van der Waals surface area contributed by atoms with Gasteiger partial charge in [0, 0.05) is 18.5 Å². The summed E-state index contributed by atoms with van der Waals surface area (Å²) in [5, 5.41) is 13.7. The summed E-state index contributed by atoms with van der Waals surface area (Å²) in [6.45, 7) is 9.02. The zero-order chi connectivity index (χ0) is 26.7. The minimum atomic E-state index is -4.47. The molecule has 0 unspecified atom stereocenters. The van der Waals surface area contributed by atoms with Gasteiger partial charge in [-0.3, -0.25) is 4.57 Å². The van der Waals surface area contributed by atoms with Crippen LogP contribution in [0.25, 0.3) is 11.8 Å². The zero-order valence-corrected chi connectivity index (χ0v) is 20.3. The number of nitrogens with zero attached hydrogens (tertiary/aromatic N) is 3. The van der Waals surface area contributed by atoms with Crippen LogP contribution in [0, 0.1) is 0 Å². The Kier molecular flexibility index (Phi) is 7.76. The van der Waals surface area contributed by atoms with Crippen molar-refractivity contribution in [2.45, 2.75) is 58.4 Å². The number of rotatable bonds is 10. The van der Waals surface area contributed by atoms with Crippen molar-refractivity contribution in [2.75, 3.05) is 0 Å². The second-order valence-corrected chi connectivity index (χ2v) is 8.80. The van der Waals surface area contributed by atoms with Gasteiger partial charge >= 0.3 is 17.8 Å². The lowest BCUT2D eigenvalue weighted by Crippen LogP contribution is -2.38. The molecule has 1 aromatic heterocycles. The summed E-state index contributed by atoms with van der Waals surface area (Å²) in [5.74, 6) is -0.205. The number of aryl methyl sites for hydroxylation is 2. The highest BCUT2D eigenvalue weighted by Gasteiger charge is 2.31. The van der Waals surface area contributed by atoms with E-state index in [2.05, 4.69) is 11.7 Å². The number of carboxylic acid groups (broad SMARTS) is 1. The van der Waals surface area contributed by atoms with Crippen molar-refractivity contribution in [1.82, 2.24) is 14.3 Å². The van der Waals surface area contributed by atoms with Gasteiger partial charge in [0.2, 0.25) is 0 Å². The number of carboxylic acids is 1. The molecule has 10 heteroatoms. The molecular weight excluding hydrogens is 475 g/mol. The number of halogens is 3. The molecule has 3 rings (SSSR count). The number of hydrogen-bond acceptors (Lipinski definition) is 4. The minimum Gasteiger partial charge on any atom is -0.478 e. The van der Waals surface area contributed by atoms with Crippen molar-refractivity contribution in [3.8, 4) is 11.4 Å². The average molecular weight is 504 g/mol. The van der Waals surface area contributed by atoms with Gasteiger partial charge < -0.3 is 9.84 Å². The third-order valence-electron chi connectivity index (χ3n) is 5.64. The molecule has 0 radical (unpaired) electrons. The molecule has 0 aliphatic rings. The van der Waals surface area contributed by atoms with Crippen LogP contribution in [0.1, 0.15) is 49.7 Å². The van der Waals surface area contributed by atoms with E-state index in [-0.39, 0.29) is 5.69 Å². The fourth-order valence-corrected chi connectivity index (χ4v) is 3.61. The number of carbonyl (C=O) groups is 1. The van der Waals surface area contributed by atoms with E-state index in [4.69, 9.17) is 4.74 Å². The highest BCUT2D eigenvalue weighted by atomic mass is 19.4. The molecule has 0 fully saturated rings. The van der Waals surface area contributed by atoms with Gasteiger partial charge in [0.15, 0.2) is 5.60 Å². The second kappa shape index (κ2) is 10.4. The van der Waals surface area contributed by atoms with Crippen LogP contribution < -0.4 is 10.4 Å². The topological polar surface area (TPSA) is 86.4 Å². The van der Waals surface area contributed by atoms with Crippen molar-refractivity contribution in [3.05, 3.63) is 82.0 Å². The fraction of sp³-hybridized carbons (Fsp3) is 0.346. The number of aromatic nitrogens is 3. The van der Waals surface area contributed by atoms with E-state index < -0.39 is 29.0 Å². The number of hydrogen-bond donors (Lipinski definition) is 1. The van der Waals surface area contributed by atoms with Crippen LogP contribution in [0.2, 0.25) is 0 Å². The Morgan fingerprint density at radius 1 is 1.14 bits per heavy atom. The van der Waals surface area contributed by atoms with Crippen molar-refractivity contribution in [2.24, 2.45) is 0 Å². The minimum absolute atomic E-state index is 0.251. The van der Waals surface area contributed by atoms with E-state index in [9.17, 15) is 27.9 Å². The van der Waals surface area contributed by atoms with Crippen LogP contribution in [0.5, 0.6) is 5.75 Å². The maximum Gasteiger partial charge on any atom is 0.416 e. The third kappa shape index (κ3) is 5.87. The lowest BCUT2D eigenvalue weighted by molar-refractivity contribution is -0.152. The summed E-state index contributed by atoms with van der Waals surface area (Å²) < 4.78 is 47.0. The Hall–Kier alpha value is -3.82. The first-order valence-corrected chi connectivity index (χ1v) is 11.4. The summed E-state index contributed by atoms with van der Waals surface area (Å²) in [6.07, 6.45) is -1.30. The Morgan fingerprint density at radius 3 is 2.36 bits per heavy atom. The van der Waals surface area contributed by atoms with Crippen molar-refractivity contribution in [3.63, 3.8) is 0 Å². The molecule has 0 spiro atoms. The highest BCUT2D eigenvalue weighted by Crippen LogP contribution is 2.29. The van der Waals surface area contributed by atoms with Crippen LogP contribution >= 0.6 is 0 Å². The van der Waals surface area contributed by atoms with E-state index >= 15 is 0 Å². The van der Waals surface area contributed by atoms with Crippen molar-refractivity contribution in [1.29, 1.82) is 0 Å². The number of benzene rings is 2. The normalized spacial score (nSPS) is 11.9. The van der Waals surface area contributed by atoms with Crippen molar-refractivity contribution < 1.29 is 27.8 Å². The van der Waals surface area contributed by atoms with Crippen LogP contribution in [0.4, 0.5) is 13.2 Å². The largest absolute Gasteiger partial charge is 0.478 e. The second-order valence-electron chi connectivity index (χ2n) is 8.80. The van der Waals surface area contributed by atoms with Crippen LogP contribution in [-0.2, 0) is 30.4 Å². The summed E-state index contributed by atoms with van der Waals surface area (Å²) in [6, 6.07) is 9.61. The number of ether oxygens (including phenoxy) is 1. The number of alkyl halides is 3. The third-order valence-corrected chi connectivity index (χ3v) is 5.64. The summed E-state index contributed by atoms with van der Waals surface area (Å²) in [5.41, 5.74) is -0.864. The Bertz CT molecular complexity index is 1310. The molecule has 0 amide bonds. The molecule has 3 aromatic rings. The smallest absolute Gasteiger partial charge is 0.416 e. The van der Waals surface area contributed by atoms with Crippen LogP contribution in [0.3, 0.4) is 0 Å². The molecule has 1 heterocycles. The summed E-state index contributed by atoms with van der Waals surface area (Å²) >= 11 is 0. The van der Waals surface area contributed by atoms with E-state index in [1.165, 1.54) is 30.5 Å². The van der Waals surface area contributed by atoms with Gasteiger partial charge in [0.05, 0.1) is 11.3 Å². The number of aliphatic carboxylic acids is 1. The SMILES string of the molecule is C=Cc1cc(CCc2nn(-c3ccc(C(F)(F)F)cc3)c(=O)n2CCC)ccc1OC(C)(C)C(=O)O. The average Bonchev–Trinajstić information content (AvgIpc) is 3.13. The first-order valence-electron chi connectivity index (χ1n) is 11.4. The van der Waals surface area contributed by atoms with E-state index in [1.54, 1.807) is 18.2 Å². The first-order chi connectivity index (χ1) is 16.9. The zero-order valence-electron chi connectivity index (χ0n) is 20.3. The maximum atomic E-state index is 13.0. The molecule has 192 valence electrons. The van der Waals surface area contributed by atoms with Gasteiger partial charge in [-0.15, -0.1) is 5.10 Å². The van der Waals surface area contributed by atoms with Gasteiger partial charge in [-0.2, -0.15) is 17.9 Å². The van der Waals surface area contributed by atoms with E-state index in [0.717, 1.165) is 22.4 Å². The van der Waals surface area contributed by atoms with Crippen LogP contribution in [-0.4, -0.2) is 31.0 Å². The summed E-state index contributed by atoms with van der Waals surface area (Å²) in [4.78, 5) is 24.4. The molecule has 7 nitrogen and oxygen atoms in total. The van der Waals surface area contributed by atoms with E-state index in [0.29, 0.717) is 42.9 Å². The Morgan fingerprint density at radius 2 is 1.81 bits per heavy atom. The molecular formula is C26H28F3N3O4. The first kappa shape index (κ1) is 26.8. The fourth-order valence-electron chi connectivity index (χ4n) is 3.61. The molecule has 0 aliphatic carbocycles. The van der Waals surface area contributed by atoms with E-state index in [1.807, 2.05) is 13.0 Å². The summed E-state index contributed by atoms with van der Waals surface area (Å²) in [7, 11) is 0. The van der Waals surface area contributed by atoms with Gasteiger partial charge in [0.1, 0.15) is 11.6 Å². The molecule has 0 saturated carbocycles. The Labute approximate surface area is 206 Å². The molecule has 0 bridgehead atoms. The molecule has 2 aromatic carbocycles. The molecule has 0 aliphatic heterocycles. The highest BCUT2D eigenvalue weighted by molar-refractivity contribution is 5.77. The lowest BCUT2D eigenvalue weighted by atomic mass is 10.0. The molecule has 0 saturated heterocycles. The monoisotopic (exact) mass is 503 g/mol. The molecule has 1 N–H and O–H groups in total. The maximum absolute atomic E-state index is 13.0. The standard InChI is InChI=1S/C26H28F3N3O4/c1-5-15-31-22(30-32(24(31)35)20-11-9-19(10-12-20)26(27,28)29)14-8-17-7-13-21(18(6-2)16-17)36-25(3,4)23(33)34/h6-7,9-13,16H,2,5,8,14-15H2,1,3-4H3,(H,33,34). The molecule has 0 atom stereocenters. The van der Waals surface area contributed by atoms with Crippen molar-refractivity contribution >= 4 is 12.0 Å². The quantitative estimate of drug-likeness (QED) is 0.414. The predicted octanol–water partition coefficient (Wildman–Crippen LogP) is 5.13. The molecule has 36 heavy (non-hydrogen) atoms. The van der Waals surface area contributed by atoms with Gasteiger partial charge in [0.25, 0.3) is 0 Å². The van der Waals surface area contributed by atoms with Gasteiger partial charge in [-0.05, 0) is 68.7 Å². The predicted molar refractivity (Wildman–Crippen MR) is 129 cm³/mol. The Balaban J connectivity index is 1.86. The van der Waals surface area contributed by atoms with Crippen LogP contribution in [0.15, 0.2) is 53.8 Å². The van der Waals surface area contributed by atoms with Gasteiger partial charge in [-0.25, -0.2) is 9.59 Å². The lowest BCUT2D eigenvalue weighted by Gasteiger charge is -2.23. The van der Waals surface area contributed by atoms with Gasteiger partial charge in [-0.1, -0.05) is 25.6 Å².